The molecule has 0 amide bonds. The molecule has 0 radical (unpaired) electrons. The van der Waals surface area contributed by atoms with Gasteiger partial charge in [-0.15, -0.1) is 5.10 Å². The summed E-state index contributed by atoms with van der Waals surface area (Å²) in [6.07, 6.45) is 0. The van der Waals surface area contributed by atoms with E-state index in [0.29, 0.717) is 0 Å². The van der Waals surface area contributed by atoms with E-state index < -0.39 is 5.97 Å². The van der Waals surface area contributed by atoms with Crippen LogP contribution in [0.1, 0.15) is 5.82 Å². The molecule has 0 saturated carbocycles. The third-order valence-corrected chi connectivity index (χ3v) is 1.03. The lowest BCUT2D eigenvalue weighted by atomic mass is 10.6. The number of rotatable bonds is 3. The van der Waals surface area contributed by atoms with E-state index in [2.05, 4.69) is 15.5 Å². The van der Waals surface area contributed by atoms with Crippen LogP contribution in [0.5, 0.6) is 0 Å². The average Bonchev–Trinajstić information content (AvgIpc) is 2.34. The van der Waals surface area contributed by atoms with E-state index >= 15 is 0 Å². The lowest BCUT2D eigenvalue weighted by molar-refractivity contribution is -0.138. The molecule has 0 aliphatic rings. The molecule has 0 aromatic carbocycles. The Kier molecular flexibility index (Phi) is 2.12. The van der Waals surface area contributed by atoms with Crippen molar-refractivity contribution in [3.05, 3.63) is 5.82 Å². The van der Waals surface area contributed by atoms with E-state index in [4.69, 9.17) is 10.2 Å². The van der Waals surface area contributed by atoms with E-state index in [1.165, 1.54) is 0 Å². The van der Waals surface area contributed by atoms with Crippen molar-refractivity contribution in [2.75, 3.05) is 0 Å². The van der Waals surface area contributed by atoms with Gasteiger partial charge in [0, 0.05) is 0 Å². The number of carboxylic acids is 1. The van der Waals surface area contributed by atoms with Crippen LogP contribution >= 0.6 is 0 Å². The van der Waals surface area contributed by atoms with Gasteiger partial charge in [0.05, 0.1) is 0 Å². The van der Waals surface area contributed by atoms with Gasteiger partial charge in [-0.2, -0.15) is 0 Å². The Morgan fingerprint density at radius 3 is 2.91 bits per heavy atom. The monoisotopic (exact) mass is 158 g/mol. The van der Waals surface area contributed by atoms with Crippen LogP contribution in [-0.2, 0) is 17.9 Å². The molecule has 0 bridgehead atoms. The first-order chi connectivity index (χ1) is 5.24. The molecule has 0 saturated heterocycles. The second-order valence-electron chi connectivity index (χ2n) is 1.80. The van der Waals surface area contributed by atoms with Crippen LogP contribution in [0.3, 0.4) is 0 Å². The zero-order valence-corrected chi connectivity index (χ0v) is 5.51. The summed E-state index contributed by atoms with van der Waals surface area (Å²) in [6.45, 7) is -0.691. The smallest absolute Gasteiger partial charge is 0.325 e. The van der Waals surface area contributed by atoms with Gasteiger partial charge in [-0.25, -0.2) is 4.68 Å². The molecule has 1 aromatic heterocycles. The average molecular weight is 158 g/mol. The highest BCUT2D eigenvalue weighted by atomic mass is 16.4. The first-order valence-electron chi connectivity index (χ1n) is 2.81. The summed E-state index contributed by atoms with van der Waals surface area (Å²) in [5, 5.41) is 26.8. The fourth-order valence-corrected chi connectivity index (χ4v) is 0.587. The summed E-state index contributed by atoms with van der Waals surface area (Å²) in [5.74, 6) is -0.903. The van der Waals surface area contributed by atoms with Crippen LogP contribution < -0.4 is 0 Å². The SMILES string of the molecule is O=C(O)Cn1nnnc1CO. The first-order valence-corrected chi connectivity index (χ1v) is 2.81. The number of hydrogen-bond donors (Lipinski definition) is 2. The first kappa shape index (κ1) is 7.61. The zero-order valence-electron chi connectivity index (χ0n) is 5.51. The van der Waals surface area contributed by atoms with Gasteiger partial charge in [0.1, 0.15) is 13.2 Å². The van der Waals surface area contributed by atoms with Crippen molar-refractivity contribution in [2.45, 2.75) is 13.2 Å². The summed E-state index contributed by atoms with van der Waals surface area (Å²) in [7, 11) is 0. The van der Waals surface area contributed by atoms with Gasteiger partial charge in [0.25, 0.3) is 0 Å². The van der Waals surface area contributed by atoms with Gasteiger partial charge in [0.2, 0.25) is 0 Å². The molecule has 1 heterocycles. The molecular weight excluding hydrogens is 152 g/mol. The molecule has 0 aliphatic carbocycles. The molecule has 1 rings (SSSR count). The molecule has 0 fully saturated rings. The van der Waals surface area contributed by atoms with Gasteiger partial charge < -0.3 is 10.2 Å². The Balaban J connectivity index is 2.76. The van der Waals surface area contributed by atoms with Crippen molar-refractivity contribution in [3.63, 3.8) is 0 Å². The van der Waals surface area contributed by atoms with Crippen LogP contribution in [-0.4, -0.2) is 36.4 Å². The van der Waals surface area contributed by atoms with E-state index in [9.17, 15) is 4.79 Å². The van der Waals surface area contributed by atoms with E-state index in [1.807, 2.05) is 0 Å². The fraction of sp³-hybridized carbons (Fsp3) is 0.500. The lowest BCUT2D eigenvalue weighted by Crippen LogP contribution is -2.13. The number of aliphatic hydroxyl groups excluding tert-OH is 1. The number of aliphatic hydroxyl groups is 1. The number of aliphatic carboxylic acids is 1. The third kappa shape index (κ3) is 1.71. The molecule has 0 aliphatic heterocycles. The number of carbonyl (C=O) groups is 1. The summed E-state index contributed by atoms with van der Waals surface area (Å²) < 4.78 is 1.02. The van der Waals surface area contributed by atoms with E-state index in [-0.39, 0.29) is 19.0 Å². The van der Waals surface area contributed by atoms with Crippen LogP contribution in [0.25, 0.3) is 0 Å². The highest BCUT2D eigenvalue weighted by Gasteiger charge is 2.06. The van der Waals surface area contributed by atoms with Gasteiger partial charge in [0.15, 0.2) is 5.82 Å². The molecule has 0 atom stereocenters. The fourth-order valence-electron chi connectivity index (χ4n) is 0.587. The Labute approximate surface area is 61.3 Å². The van der Waals surface area contributed by atoms with Gasteiger partial charge in [-0.05, 0) is 10.4 Å². The normalized spacial score (nSPS) is 9.91. The summed E-state index contributed by atoms with van der Waals surface area (Å²) in [4.78, 5) is 10.1. The zero-order chi connectivity index (χ0) is 8.27. The number of tetrazole rings is 1. The Hall–Kier alpha value is -1.50. The molecule has 7 nitrogen and oxygen atoms in total. The maximum Gasteiger partial charge on any atom is 0.325 e. The van der Waals surface area contributed by atoms with Crippen LogP contribution in [0.2, 0.25) is 0 Å². The molecule has 2 N–H and O–H groups in total. The van der Waals surface area contributed by atoms with Crippen molar-refractivity contribution in [1.82, 2.24) is 20.2 Å². The standard InChI is InChI=1S/C4H6N4O3/c9-2-3-5-6-7-8(3)1-4(10)11/h9H,1-2H2,(H,10,11). The Morgan fingerprint density at radius 1 is 1.64 bits per heavy atom. The maximum absolute atomic E-state index is 10.1. The maximum atomic E-state index is 10.1. The minimum Gasteiger partial charge on any atom is -0.480 e. The predicted molar refractivity (Wildman–Crippen MR) is 31.4 cm³/mol. The molecule has 0 spiro atoms. The molecule has 0 unspecified atom stereocenters. The topological polar surface area (TPSA) is 101 Å². The van der Waals surface area contributed by atoms with E-state index in [0.717, 1.165) is 4.68 Å². The number of hydrogen-bond acceptors (Lipinski definition) is 5. The predicted octanol–water partition coefficient (Wildman–Crippen LogP) is -1.75. The second kappa shape index (κ2) is 3.06. The number of nitrogens with zero attached hydrogens (tertiary/aromatic N) is 4. The molecule has 60 valence electrons. The van der Waals surface area contributed by atoms with Gasteiger partial charge in [-0.3, -0.25) is 4.79 Å². The van der Waals surface area contributed by atoms with Crippen molar-refractivity contribution in [3.8, 4) is 0 Å². The summed E-state index contributed by atoms with van der Waals surface area (Å²) in [6, 6.07) is 0. The second-order valence-corrected chi connectivity index (χ2v) is 1.80. The van der Waals surface area contributed by atoms with Crippen molar-refractivity contribution >= 4 is 5.97 Å². The summed E-state index contributed by atoms with van der Waals surface area (Å²) >= 11 is 0. The highest BCUT2D eigenvalue weighted by molar-refractivity contribution is 5.66. The number of aromatic nitrogens is 4. The minimum atomic E-state index is -1.05. The quantitative estimate of drug-likeness (QED) is 0.541. The minimum absolute atomic E-state index is 0.146. The molecular formula is C4H6N4O3. The molecule has 1 aromatic rings. The van der Waals surface area contributed by atoms with Gasteiger partial charge >= 0.3 is 5.97 Å². The summed E-state index contributed by atoms with van der Waals surface area (Å²) in [5.41, 5.74) is 0. The van der Waals surface area contributed by atoms with Crippen molar-refractivity contribution < 1.29 is 15.0 Å². The Bertz CT molecular complexity index is 258. The largest absolute Gasteiger partial charge is 0.480 e. The van der Waals surface area contributed by atoms with E-state index in [1.54, 1.807) is 0 Å². The molecule has 11 heavy (non-hydrogen) atoms. The lowest BCUT2D eigenvalue weighted by Gasteiger charge is -1.95. The van der Waals surface area contributed by atoms with Crippen LogP contribution in [0, 0.1) is 0 Å². The van der Waals surface area contributed by atoms with Gasteiger partial charge in [-0.1, -0.05) is 0 Å². The third-order valence-electron chi connectivity index (χ3n) is 1.03. The Morgan fingerprint density at radius 2 is 2.36 bits per heavy atom. The van der Waals surface area contributed by atoms with Crippen LogP contribution in [0.15, 0.2) is 0 Å². The van der Waals surface area contributed by atoms with Crippen LogP contribution in [0.4, 0.5) is 0 Å². The van der Waals surface area contributed by atoms with Crippen molar-refractivity contribution in [2.24, 2.45) is 0 Å². The molecule has 7 heteroatoms. The highest BCUT2D eigenvalue weighted by Crippen LogP contribution is 1.89. The number of carboxylic acid groups (broad SMARTS) is 1. The van der Waals surface area contributed by atoms with Crippen molar-refractivity contribution in [1.29, 1.82) is 0 Å².